The van der Waals surface area contributed by atoms with Gasteiger partial charge in [0.25, 0.3) is 20.0 Å². The number of ketones is 2. The van der Waals surface area contributed by atoms with Crippen LogP contribution in [0.2, 0.25) is 30.1 Å². The van der Waals surface area contributed by atoms with Gasteiger partial charge in [-0.2, -0.15) is 31.9 Å². The number of rotatable bonds is 13. The standard InChI is InChI=1S/C22H16Cl3F3N2O4S.C20H12Cl3F3N2O3S.ClHN4/c1-12-3-5-17(24)15(7-12)21(31)20-19(8-13(23)10-29-20)30(11-34-2)35(32,33)14-4-6-18(25)16(9-14)22(26,27)28;1-10-2-4-15(22)13(6-10)19(29)18-17(7-11(21)9-27-18)28-32(30,31)12-3-5-16(23)14(8-12)20(24,25)26;1-3-5-4-2/h3-10H,11H2,1-2H3;2-9,28H,1H3;2H. The molecular formula is C42H29Cl7F6N8O7S2. The Morgan fingerprint density at radius 1 is 0.667 bits per heavy atom. The molecule has 2 heterocycles. The minimum absolute atomic E-state index is 0.0123. The van der Waals surface area contributed by atoms with E-state index in [1.54, 1.807) is 26.0 Å². The van der Waals surface area contributed by atoms with Gasteiger partial charge in [0.05, 0.1) is 74.2 Å². The van der Waals surface area contributed by atoms with E-state index in [2.05, 4.69) is 41.5 Å². The molecule has 2 N–H and O–H groups in total. The van der Waals surface area contributed by atoms with Crippen LogP contribution < -0.4 is 9.03 Å². The van der Waals surface area contributed by atoms with Gasteiger partial charge in [0.15, 0.2) is 0 Å². The molecule has 0 unspecified atom stereocenters. The van der Waals surface area contributed by atoms with E-state index in [1.807, 2.05) is 0 Å². The molecule has 2 aromatic heterocycles. The fourth-order valence-electron chi connectivity index (χ4n) is 5.88. The van der Waals surface area contributed by atoms with Gasteiger partial charge >= 0.3 is 12.4 Å². The third-order valence-corrected chi connectivity index (χ3v) is 14.0. The van der Waals surface area contributed by atoms with Crippen LogP contribution in [0.4, 0.5) is 37.7 Å². The van der Waals surface area contributed by atoms with E-state index in [1.165, 1.54) is 31.4 Å². The van der Waals surface area contributed by atoms with Gasteiger partial charge in [0, 0.05) is 30.6 Å². The molecule has 6 rings (SSSR count). The zero-order valence-electron chi connectivity index (χ0n) is 36.2. The summed E-state index contributed by atoms with van der Waals surface area (Å²) in [5, 5.41) is 3.91. The van der Waals surface area contributed by atoms with Crippen LogP contribution in [-0.2, 0) is 37.1 Å². The maximum Gasteiger partial charge on any atom is 0.417 e. The molecule has 0 amide bonds. The number of alkyl halides is 6. The van der Waals surface area contributed by atoms with Crippen molar-refractivity contribution in [3.05, 3.63) is 172 Å². The van der Waals surface area contributed by atoms with Crippen molar-refractivity contribution >= 4 is 124 Å². The SMILES string of the molecule is COCN(c1cc(Cl)cnc1C(=O)c1cc(C)ccc1Cl)S(=O)(=O)c1ccc(Cl)c(C(F)(F)F)c1.Cc1ccc(Cl)c(C(=O)c2ncc(Cl)cc2NS(=O)(=O)c2ccc(Cl)c(C(F)(F)F)c2)c1.N=NN=NCl. The number of aryl methyl sites for hydroxylation is 2. The zero-order valence-corrected chi connectivity index (χ0v) is 43.1. The Kier molecular flexibility index (Phi) is 20.3. The summed E-state index contributed by atoms with van der Waals surface area (Å²) < 4.78 is 142. The van der Waals surface area contributed by atoms with Crippen molar-refractivity contribution in [2.75, 3.05) is 22.9 Å². The number of benzene rings is 4. The average molecular weight is 1180 g/mol. The van der Waals surface area contributed by atoms with Crippen LogP contribution >= 0.6 is 81.4 Å². The molecule has 0 spiro atoms. The van der Waals surface area contributed by atoms with Crippen molar-refractivity contribution in [1.29, 1.82) is 5.53 Å². The number of halogens is 13. The smallest absolute Gasteiger partial charge is 0.363 e. The molecule has 30 heteroatoms. The number of aromatic nitrogens is 2. The first kappa shape index (κ1) is 59.4. The van der Waals surface area contributed by atoms with E-state index in [-0.39, 0.29) is 54.0 Å². The monoisotopic (exact) mass is 1180 g/mol. The topological polar surface area (TPSA) is 214 Å². The second-order valence-corrected chi connectivity index (χ2v) is 20.3. The van der Waals surface area contributed by atoms with Crippen LogP contribution in [0.25, 0.3) is 0 Å². The molecule has 0 bridgehead atoms. The number of sulfonamides is 2. The number of carbonyl (C=O) groups is 2. The van der Waals surface area contributed by atoms with Gasteiger partial charge < -0.3 is 4.74 Å². The lowest BCUT2D eigenvalue weighted by molar-refractivity contribution is -0.138. The summed E-state index contributed by atoms with van der Waals surface area (Å²) in [5.74, 6) is -1.44. The molecule has 382 valence electrons. The molecule has 72 heavy (non-hydrogen) atoms. The van der Waals surface area contributed by atoms with Crippen molar-refractivity contribution in [2.45, 2.75) is 36.0 Å². The molecule has 6 aromatic rings. The minimum Gasteiger partial charge on any atom is -0.363 e. The van der Waals surface area contributed by atoms with E-state index < -0.39 is 81.7 Å². The van der Waals surface area contributed by atoms with Crippen LogP contribution in [-0.4, -0.2) is 52.2 Å². The fourth-order valence-corrected chi connectivity index (χ4v) is 9.56. The molecule has 0 saturated carbocycles. The number of nitrogens with one attached hydrogen (secondary N) is 2. The number of ether oxygens (including phenoxy) is 1. The van der Waals surface area contributed by atoms with E-state index in [0.717, 1.165) is 54.4 Å². The Labute approximate surface area is 440 Å². The highest BCUT2D eigenvalue weighted by Crippen LogP contribution is 2.39. The molecule has 0 aliphatic heterocycles. The van der Waals surface area contributed by atoms with Crippen LogP contribution in [0, 0.1) is 19.4 Å². The molecule has 0 aliphatic rings. The highest BCUT2D eigenvalue weighted by Gasteiger charge is 2.38. The lowest BCUT2D eigenvalue weighted by Crippen LogP contribution is -2.34. The fraction of sp³-hybridized carbons (Fsp3) is 0.143. The first-order valence-corrected chi connectivity index (χ1v) is 24.6. The maximum absolute atomic E-state index is 13.5. The van der Waals surface area contributed by atoms with E-state index in [9.17, 15) is 52.8 Å². The third kappa shape index (κ3) is 15.0. The van der Waals surface area contributed by atoms with Crippen LogP contribution in [0.3, 0.4) is 0 Å². The number of carbonyl (C=O) groups excluding carboxylic acids is 2. The number of hydrogen-bond acceptors (Lipinski definition) is 11. The van der Waals surface area contributed by atoms with E-state index in [0.29, 0.717) is 22.0 Å². The molecule has 0 atom stereocenters. The van der Waals surface area contributed by atoms with Crippen LogP contribution in [0.1, 0.15) is 54.4 Å². The normalized spacial score (nSPS) is 11.8. The highest BCUT2D eigenvalue weighted by atomic mass is 35.5. The number of nitrogens with zero attached hydrogens (tertiary/aromatic N) is 6. The van der Waals surface area contributed by atoms with E-state index in [4.69, 9.17) is 79.9 Å². The van der Waals surface area contributed by atoms with Gasteiger partial charge in [-0.25, -0.2) is 31.1 Å². The molecule has 0 aliphatic carbocycles. The first-order chi connectivity index (χ1) is 33.5. The van der Waals surface area contributed by atoms with Crippen molar-refractivity contribution < 1.29 is 57.5 Å². The summed E-state index contributed by atoms with van der Waals surface area (Å²) in [7, 11) is -8.13. The summed E-state index contributed by atoms with van der Waals surface area (Å²) >= 11 is 40.0. The first-order valence-electron chi connectivity index (χ1n) is 19.1. The Bertz CT molecular complexity index is 3300. The number of anilines is 2. The Hall–Kier alpha value is -5.21. The molecule has 0 radical (unpaired) electrons. The summed E-state index contributed by atoms with van der Waals surface area (Å²) in [6.45, 7) is 2.78. The average Bonchev–Trinajstić information content (AvgIpc) is 3.29. The quantitative estimate of drug-likeness (QED) is 0.0369. The van der Waals surface area contributed by atoms with Crippen LogP contribution in [0.15, 0.2) is 122 Å². The van der Waals surface area contributed by atoms with Gasteiger partial charge in [0.1, 0.15) is 18.1 Å². The van der Waals surface area contributed by atoms with Crippen molar-refractivity contribution in [3.8, 4) is 0 Å². The zero-order chi connectivity index (χ0) is 54.1. The van der Waals surface area contributed by atoms with Gasteiger partial charge in [-0.3, -0.25) is 14.3 Å². The Balaban J connectivity index is 0.000000286. The van der Waals surface area contributed by atoms with Crippen LogP contribution in [0.5, 0.6) is 0 Å². The Morgan fingerprint density at radius 3 is 1.57 bits per heavy atom. The van der Waals surface area contributed by atoms with Gasteiger partial charge in [-0.05, 0) is 97.1 Å². The van der Waals surface area contributed by atoms with Gasteiger partial charge in [-0.15, -0.1) is 0 Å². The summed E-state index contributed by atoms with van der Waals surface area (Å²) in [6, 6.07) is 15.8. The van der Waals surface area contributed by atoms with Gasteiger partial charge in [0.2, 0.25) is 11.6 Å². The lowest BCUT2D eigenvalue weighted by Gasteiger charge is -2.25. The lowest BCUT2D eigenvalue weighted by atomic mass is 10.0. The van der Waals surface area contributed by atoms with E-state index >= 15 is 0 Å². The Morgan fingerprint density at radius 2 is 1.11 bits per heavy atom. The molecule has 15 nitrogen and oxygen atoms in total. The van der Waals surface area contributed by atoms with Gasteiger partial charge in [-0.1, -0.05) is 97.5 Å². The van der Waals surface area contributed by atoms with Crippen molar-refractivity contribution in [3.63, 3.8) is 0 Å². The molecule has 4 aromatic carbocycles. The summed E-state index contributed by atoms with van der Waals surface area (Å²) in [6.07, 6.45) is -7.53. The number of pyridine rings is 2. The third-order valence-electron chi connectivity index (χ3n) is 9.07. The predicted octanol–water partition coefficient (Wildman–Crippen LogP) is 14.3. The molecule has 0 fully saturated rings. The molecule has 0 saturated heterocycles. The molecular weight excluding hydrogens is 1150 g/mol. The second-order valence-electron chi connectivity index (χ2n) is 14.1. The maximum atomic E-state index is 13.5. The largest absolute Gasteiger partial charge is 0.417 e. The summed E-state index contributed by atoms with van der Waals surface area (Å²) in [5.41, 5.74) is 3.41. The van der Waals surface area contributed by atoms with Crippen molar-refractivity contribution in [1.82, 2.24) is 9.97 Å². The number of hydrogen-bond donors (Lipinski definition) is 2. The highest BCUT2D eigenvalue weighted by molar-refractivity contribution is 7.93. The summed E-state index contributed by atoms with van der Waals surface area (Å²) in [4.78, 5) is 32.8. The number of methoxy groups -OCH3 is 1. The predicted molar refractivity (Wildman–Crippen MR) is 259 cm³/mol. The van der Waals surface area contributed by atoms with Crippen molar-refractivity contribution in [2.24, 2.45) is 15.1 Å². The minimum atomic E-state index is -4.91. The second kappa shape index (κ2) is 24.7.